The average Bonchev–Trinajstić information content (AvgIpc) is 2.50. The molecule has 1 amide bonds. The molecule has 0 rings (SSSR count). The summed E-state index contributed by atoms with van der Waals surface area (Å²) >= 11 is 0. The van der Waals surface area contributed by atoms with Gasteiger partial charge in [0.25, 0.3) is 0 Å². The van der Waals surface area contributed by atoms with Crippen molar-refractivity contribution in [2.45, 2.75) is 77.6 Å². The Morgan fingerprint density at radius 1 is 1.04 bits per heavy atom. The van der Waals surface area contributed by atoms with E-state index in [1.165, 1.54) is 38.5 Å². The number of hydrogen-bond acceptors (Lipinski definition) is 4. The fourth-order valence-corrected chi connectivity index (χ4v) is 2.47. The average molecular weight is 332 g/mol. The van der Waals surface area contributed by atoms with Crippen LogP contribution in [0.25, 0.3) is 0 Å². The molecule has 0 saturated heterocycles. The molecule has 0 aromatic carbocycles. The second-order valence-electron chi connectivity index (χ2n) is 5.75. The molecule has 0 aliphatic rings. The standard InChI is InChI=1S/C17H30N2O3.Na/c1-2-3-4-5-6-7-8-9-11-15(12-10-13-18)17(22)19-14-16(20)21;/h15H,2-12,14H2,1H3,(H,19,22)(H,20,21);/q;+1/p-1. The maximum Gasteiger partial charge on any atom is 1.00 e. The van der Waals surface area contributed by atoms with Gasteiger partial charge in [0.1, 0.15) is 0 Å². The van der Waals surface area contributed by atoms with Crippen LogP contribution in [0.5, 0.6) is 0 Å². The van der Waals surface area contributed by atoms with Gasteiger partial charge in [0.05, 0.1) is 18.6 Å². The Kier molecular flexibility index (Phi) is 19.1. The predicted molar refractivity (Wildman–Crippen MR) is 83.6 cm³/mol. The Bertz CT molecular complexity index is 356. The molecule has 0 fully saturated rings. The zero-order valence-corrected chi connectivity index (χ0v) is 16.7. The first kappa shape index (κ1) is 24.7. The van der Waals surface area contributed by atoms with E-state index in [9.17, 15) is 14.7 Å². The number of rotatable bonds is 14. The van der Waals surface area contributed by atoms with Gasteiger partial charge < -0.3 is 15.2 Å². The third-order valence-corrected chi connectivity index (χ3v) is 3.79. The smallest absolute Gasteiger partial charge is 0.548 e. The van der Waals surface area contributed by atoms with Gasteiger partial charge in [-0.25, -0.2) is 0 Å². The molecule has 0 bridgehead atoms. The van der Waals surface area contributed by atoms with Crippen molar-refractivity contribution in [3.63, 3.8) is 0 Å². The van der Waals surface area contributed by atoms with Crippen molar-refractivity contribution >= 4 is 11.9 Å². The number of nitrogens with zero attached hydrogens (tertiary/aromatic N) is 1. The molecule has 0 aliphatic carbocycles. The van der Waals surface area contributed by atoms with Crippen LogP contribution in [0.15, 0.2) is 0 Å². The molecule has 6 heteroatoms. The van der Waals surface area contributed by atoms with E-state index < -0.39 is 12.5 Å². The van der Waals surface area contributed by atoms with Crippen LogP contribution in [0, 0.1) is 17.2 Å². The van der Waals surface area contributed by atoms with Gasteiger partial charge in [0, 0.05) is 12.3 Å². The summed E-state index contributed by atoms with van der Waals surface area (Å²) in [7, 11) is 0. The number of carbonyl (C=O) groups excluding carboxylic acids is 2. The van der Waals surface area contributed by atoms with Crippen LogP contribution in [0.2, 0.25) is 0 Å². The first-order chi connectivity index (χ1) is 10.6. The van der Waals surface area contributed by atoms with Crippen LogP contribution >= 0.6 is 0 Å². The SMILES string of the molecule is CCCCCCCCCCC(CCC#N)C(=O)NCC(=O)[O-].[Na+]. The number of nitriles is 1. The van der Waals surface area contributed by atoms with Crippen molar-refractivity contribution in [1.29, 1.82) is 5.26 Å². The first-order valence-corrected chi connectivity index (χ1v) is 8.46. The molecular weight excluding hydrogens is 303 g/mol. The number of carboxylic acid groups (broad SMARTS) is 1. The Balaban J connectivity index is 0. The molecule has 126 valence electrons. The third kappa shape index (κ3) is 16.1. The van der Waals surface area contributed by atoms with E-state index in [-0.39, 0.29) is 41.4 Å². The third-order valence-electron chi connectivity index (χ3n) is 3.79. The normalized spacial score (nSPS) is 11.1. The molecule has 1 unspecified atom stereocenters. The summed E-state index contributed by atoms with van der Waals surface area (Å²) in [5.41, 5.74) is 0. The number of unbranched alkanes of at least 4 members (excludes halogenated alkanes) is 7. The molecule has 0 spiro atoms. The van der Waals surface area contributed by atoms with Gasteiger partial charge in [-0.1, -0.05) is 58.3 Å². The molecule has 0 aromatic heterocycles. The fourth-order valence-electron chi connectivity index (χ4n) is 2.47. The van der Waals surface area contributed by atoms with Crippen LogP contribution < -0.4 is 40.0 Å². The second-order valence-corrected chi connectivity index (χ2v) is 5.75. The molecular formula is C17H29N2NaO3. The zero-order chi connectivity index (χ0) is 16.6. The van der Waals surface area contributed by atoms with Crippen LogP contribution in [-0.4, -0.2) is 18.4 Å². The van der Waals surface area contributed by atoms with Crippen molar-refractivity contribution in [1.82, 2.24) is 5.32 Å². The van der Waals surface area contributed by atoms with E-state index in [1.54, 1.807) is 0 Å². The number of carbonyl (C=O) groups is 2. The van der Waals surface area contributed by atoms with Gasteiger partial charge in [0.2, 0.25) is 5.91 Å². The minimum Gasteiger partial charge on any atom is -0.548 e. The number of aliphatic carboxylic acids is 1. The van der Waals surface area contributed by atoms with Gasteiger partial charge in [0.15, 0.2) is 0 Å². The first-order valence-electron chi connectivity index (χ1n) is 8.46. The molecule has 0 saturated carbocycles. The summed E-state index contributed by atoms with van der Waals surface area (Å²) in [5.74, 6) is -1.83. The predicted octanol–water partition coefficient (Wildman–Crippen LogP) is -0.693. The number of hydrogen-bond donors (Lipinski definition) is 1. The maximum atomic E-state index is 11.9. The number of carboxylic acids is 1. The molecule has 1 atom stereocenters. The largest absolute Gasteiger partial charge is 1.00 e. The molecule has 0 aliphatic heterocycles. The Labute approximate surface area is 162 Å². The zero-order valence-electron chi connectivity index (χ0n) is 14.7. The maximum absolute atomic E-state index is 11.9. The Morgan fingerprint density at radius 3 is 2.13 bits per heavy atom. The summed E-state index contributed by atoms with van der Waals surface area (Å²) < 4.78 is 0. The summed E-state index contributed by atoms with van der Waals surface area (Å²) in [5, 5.41) is 21.4. The number of amides is 1. The van der Waals surface area contributed by atoms with E-state index >= 15 is 0 Å². The van der Waals surface area contributed by atoms with Crippen molar-refractivity contribution < 1.29 is 44.3 Å². The van der Waals surface area contributed by atoms with E-state index in [4.69, 9.17) is 5.26 Å². The van der Waals surface area contributed by atoms with Gasteiger partial charge in [-0.2, -0.15) is 5.26 Å². The van der Waals surface area contributed by atoms with Crippen LogP contribution in [0.1, 0.15) is 77.6 Å². The Morgan fingerprint density at radius 2 is 1.61 bits per heavy atom. The van der Waals surface area contributed by atoms with Crippen LogP contribution in [0.4, 0.5) is 0 Å². The summed E-state index contributed by atoms with van der Waals surface area (Å²) in [4.78, 5) is 22.2. The van der Waals surface area contributed by atoms with Gasteiger partial charge >= 0.3 is 29.6 Å². The Hall–Kier alpha value is -0.570. The quantitative estimate of drug-likeness (QED) is 0.336. The minimum absolute atomic E-state index is 0. The van der Waals surface area contributed by atoms with E-state index in [0.717, 1.165) is 19.3 Å². The summed E-state index contributed by atoms with van der Waals surface area (Å²) in [6, 6.07) is 2.04. The minimum atomic E-state index is -1.29. The molecule has 0 radical (unpaired) electrons. The van der Waals surface area contributed by atoms with E-state index in [1.807, 2.05) is 6.07 Å². The van der Waals surface area contributed by atoms with E-state index in [2.05, 4.69) is 12.2 Å². The van der Waals surface area contributed by atoms with Crippen molar-refractivity contribution in [3.05, 3.63) is 0 Å². The fraction of sp³-hybridized carbons (Fsp3) is 0.824. The molecule has 1 N–H and O–H groups in total. The molecule has 0 aromatic rings. The molecule has 5 nitrogen and oxygen atoms in total. The van der Waals surface area contributed by atoms with Gasteiger partial charge in [-0.15, -0.1) is 0 Å². The van der Waals surface area contributed by atoms with Crippen molar-refractivity contribution in [2.75, 3.05) is 6.54 Å². The van der Waals surface area contributed by atoms with Gasteiger partial charge in [-0.3, -0.25) is 4.79 Å². The van der Waals surface area contributed by atoms with E-state index in [0.29, 0.717) is 12.8 Å². The molecule has 23 heavy (non-hydrogen) atoms. The number of nitrogens with one attached hydrogen (secondary N) is 1. The molecule has 0 heterocycles. The summed E-state index contributed by atoms with van der Waals surface area (Å²) in [6.45, 7) is 1.74. The topological polar surface area (TPSA) is 93.0 Å². The van der Waals surface area contributed by atoms with Gasteiger partial charge in [-0.05, 0) is 12.8 Å². The van der Waals surface area contributed by atoms with Crippen molar-refractivity contribution in [3.8, 4) is 6.07 Å². The monoisotopic (exact) mass is 332 g/mol. The summed E-state index contributed by atoms with van der Waals surface area (Å²) in [6.07, 6.45) is 11.1. The van der Waals surface area contributed by atoms with Crippen LogP contribution in [0.3, 0.4) is 0 Å². The van der Waals surface area contributed by atoms with Crippen LogP contribution in [-0.2, 0) is 9.59 Å². The van der Waals surface area contributed by atoms with Crippen molar-refractivity contribution in [2.24, 2.45) is 5.92 Å². The second kappa shape index (κ2) is 17.8.